The van der Waals surface area contributed by atoms with Gasteiger partial charge >= 0.3 is 0 Å². The summed E-state index contributed by atoms with van der Waals surface area (Å²) >= 11 is 0. The van der Waals surface area contributed by atoms with Gasteiger partial charge in [-0.3, -0.25) is 0 Å². The van der Waals surface area contributed by atoms with Crippen LogP contribution in [-0.4, -0.2) is 21.1 Å². The Balaban J connectivity index is 1.86. The van der Waals surface area contributed by atoms with Gasteiger partial charge in [0.2, 0.25) is 0 Å². The van der Waals surface area contributed by atoms with Gasteiger partial charge in [0.05, 0.1) is 6.54 Å². The molecule has 0 saturated carbocycles. The van der Waals surface area contributed by atoms with Crippen molar-refractivity contribution < 1.29 is 0 Å². The van der Waals surface area contributed by atoms with Crippen molar-refractivity contribution in [2.45, 2.75) is 26.9 Å². The summed E-state index contributed by atoms with van der Waals surface area (Å²) in [6.07, 6.45) is 7.76. The molecule has 2 aromatic rings. The van der Waals surface area contributed by atoms with Gasteiger partial charge in [0.25, 0.3) is 0 Å². The van der Waals surface area contributed by atoms with Gasteiger partial charge < -0.3 is 9.88 Å². The Bertz CT molecular complexity index is 462. The van der Waals surface area contributed by atoms with Gasteiger partial charge in [-0.1, -0.05) is 13.8 Å². The summed E-state index contributed by atoms with van der Waals surface area (Å²) in [5.74, 6) is 1.53. The Kier molecular flexibility index (Phi) is 4.47. The summed E-state index contributed by atoms with van der Waals surface area (Å²) in [6, 6.07) is 3.97. The third kappa shape index (κ3) is 3.96. The SMILES string of the molecule is CC(C)CNCc1ccn(Cc2ncccn2)c1. The summed E-state index contributed by atoms with van der Waals surface area (Å²) in [6.45, 7) is 7.12. The molecule has 1 N–H and O–H groups in total. The molecule has 0 amide bonds. The van der Waals surface area contributed by atoms with Crippen molar-refractivity contribution >= 4 is 0 Å². The van der Waals surface area contributed by atoms with Gasteiger partial charge in [-0.2, -0.15) is 0 Å². The van der Waals surface area contributed by atoms with Crippen molar-refractivity contribution in [3.8, 4) is 0 Å². The molecule has 0 aromatic carbocycles. The summed E-state index contributed by atoms with van der Waals surface area (Å²) in [7, 11) is 0. The van der Waals surface area contributed by atoms with Crippen LogP contribution < -0.4 is 5.32 Å². The molecule has 0 spiro atoms. The zero-order valence-corrected chi connectivity index (χ0v) is 11.0. The minimum Gasteiger partial charge on any atom is -0.346 e. The van der Waals surface area contributed by atoms with Crippen molar-refractivity contribution in [2.75, 3.05) is 6.54 Å². The van der Waals surface area contributed by atoms with Crippen LogP contribution in [0.15, 0.2) is 36.9 Å². The fourth-order valence-corrected chi connectivity index (χ4v) is 1.77. The molecular weight excluding hydrogens is 224 g/mol. The van der Waals surface area contributed by atoms with E-state index in [1.165, 1.54) is 5.56 Å². The summed E-state index contributed by atoms with van der Waals surface area (Å²) in [5.41, 5.74) is 1.30. The van der Waals surface area contributed by atoms with Crippen LogP contribution in [0.5, 0.6) is 0 Å². The highest BCUT2D eigenvalue weighted by Crippen LogP contribution is 2.03. The molecule has 0 aliphatic heterocycles. The number of hydrogen-bond donors (Lipinski definition) is 1. The minimum absolute atomic E-state index is 0.685. The molecule has 0 radical (unpaired) electrons. The highest BCUT2D eigenvalue weighted by Gasteiger charge is 2.00. The second-order valence-electron chi connectivity index (χ2n) is 4.88. The molecule has 4 heteroatoms. The van der Waals surface area contributed by atoms with Crippen molar-refractivity contribution in [2.24, 2.45) is 5.92 Å². The van der Waals surface area contributed by atoms with Crippen LogP contribution in [0.4, 0.5) is 0 Å². The van der Waals surface area contributed by atoms with E-state index >= 15 is 0 Å². The first kappa shape index (κ1) is 12.8. The van der Waals surface area contributed by atoms with Crippen LogP contribution in [-0.2, 0) is 13.1 Å². The van der Waals surface area contributed by atoms with Crippen molar-refractivity contribution in [1.29, 1.82) is 0 Å². The van der Waals surface area contributed by atoms with Crippen molar-refractivity contribution in [1.82, 2.24) is 19.9 Å². The van der Waals surface area contributed by atoms with Crippen LogP contribution in [0, 0.1) is 5.92 Å². The van der Waals surface area contributed by atoms with Crippen LogP contribution in [0.3, 0.4) is 0 Å². The predicted octanol–water partition coefficient (Wildman–Crippen LogP) is 2.07. The van der Waals surface area contributed by atoms with Crippen LogP contribution in [0.1, 0.15) is 25.2 Å². The van der Waals surface area contributed by atoms with Gasteiger partial charge in [0.15, 0.2) is 0 Å². The van der Waals surface area contributed by atoms with Gasteiger partial charge in [-0.15, -0.1) is 0 Å². The summed E-state index contributed by atoms with van der Waals surface area (Å²) in [5, 5.41) is 3.43. The highest BCUT2D eigenvalue weighted by atomic mass is 15.0. The smallest absolute Gasteiger partial charge is 0.147 e. The number of hydrogen-bond acceptors (Lipinski definition) is 3. The molecule has 0 saturated heterocycles. The lowest BCUT2D eigenvalue weighted by molar-refractivity contribution is 0.552. The first-order chi connectivity index (χ1) is 8.74. The predicted molar refractivity (Wildman–Crippen MR) is 72.1 cm³/mol. The van der Waals surface area contributed by atoms with E-state index in [1.54, 1.807) is 12.4 Å². The second kappa shape index (κ2) is 6.31. The maximum absolute atomic E-state index is 4.22. The second-order valence-corrected chi connectivity index (χ2v) is 4.88. The average molecular weight is 244 g/mol. The molecule has 2 aromatic heterocycles. The maximum atomic E-state index is 4.22. The molecule has 0 fully saturated rings. The first-order valence-corrected chi connectivity index (χ1v) is 6.35. The first-order valence-electron chi connectivity index (χ1n) is 6.35. The van der Waals surface area contributed by atoms with E-state index in [-0.39, 0.29) is 0 Å². The lowest BCUT2D eigenvalue weighted by atomic mass is 10.2. The normalized spacial score (nSPS) is 11.1. The molecule has 4 nitrogen and oxygen atoms in total. The van der Waals surface area contributed by atoms with Gasteiger partial charge in [-0.25, -0.2) is 9.97 Å². The van der Waals surface area contributed by atoms with E-state index in [2.05, 4.69) is 52.2 Å². The largest absolute Gasteiger partial charge is 0.346 e. The molecule has 18 heavy (non-hydrogen) atoms. The van der Waals surface area contributed by atoms with Crippen LogP contribution >= 0.6 is 0 Å². The highest BCUT2D eigenvalue weighted by molar-refractivity contribution is 5.11. The summed E-state index contributed by atoms with van der Waals surface area (Å²) in [4.78, 5) is 8.44. The fraction of sp³-hybridized carbons (Fsp3) is 0.429. The summed E-state index contributed by atoms with van der Waals surface area (Å²) < 4.78 is 2.11. The van der Waals surface area contributed by atoms with Gasteiger partial charge in [-0.05, 0) is 30.2 Å². The Hall–Kier alpha value is -1.68. The molecule has 0 atom stereocenters. The molecule has 2 rings (SSSR count). The Morgan fingerprint density at radius 3 is 2.78 bits per heavy atom. The third-order valence-corrected chi connectivity index (χ3v) is 2.64. The molecule has 0 aliphatic rings. The lowest BCUT2D eigenvalue weighted by Gasteiger charge is -2.05. The van der Waals surface area contributed by atoms with Crippen molar-refractivity contribution in [3.05, 3.63) is 48.3 Å². The molecule has 0 unspecified atom stereocenters. The number of aromatic nitrogens is 3. The van der Waals surface area contributed by atoms with E-state index in [0.717, 1.165) is 25.5 Å². The minimum atomic E-state index is 0.685. The van der Waals surface area contributed by atoms with E-state index in [9.17, 15) is 0 Å². The zero-order valence-electron chi connectivity index (χ0n) is 11.0. The van der Waals surface area contributed by atoms with Crippen LogP contribution in [0.25, 0.3) is 0 Å². The molecule has 0 bridgehead atoms. The van der Waals surface area contributed by atoms with Gasteiger partial charge in [0, 0.05) is 31.3 Å². The standard InChI is InChI=1S/C14H20N4/c1-12(2)8-15-9-13-4-7-18(10-13)11-14-16-5-3-6-17-14/h3-7,10,12,15H,8-9,11H2,1-2H3. The Labute approximate surface area is 108 Å². The number of nitrogens with one attached hydrogen (secondary N) is 1. The Morgan fingerprint density at radius 2 is 2.06 bits per heavy atom. The topological polar surface area (TPSA) is 42.7 Å². The number of nitrogens with zero attached hydrogens (tertiary/aromatic N) is 3. The number of rotatable bonds is 6. The fourth-order valence-electron chi connectivity index (χ4n) is 1.77. The van der Waals surface area contributed by atoms with E-state index in [4.69, 9.17) is 0 Å². The van der Waals surface area contributed by atoms with Crippen molar-refractivity contribution in [3.63, 3.8) is 0 Å². The van der Waals surface area contributed by atoms with Gasteiger partial charge in [0.1, 0.15) is 5.82 Å². The van der Waals surface area contributed by atoms with E-state index in [0.29, 0.717) is 5.92 Å². The third-order valence-electron chi connectivity index (χ3n) is 2.64. The van der Waals surface area contributed by atoms with E-state index < -0.39 is 0 Å². The maximum Gasteiger partial charge on any atom is 0.147 e. The zero-order chi connectivity index (χ0) is 12.8. The molecule has 0 aliphatic carbocycles. The molecule has 2 heterocycles. The Morgan fingerprint density at radius 1 is 1.28 bits per heavy atom. The van der Waals surface area contributed by atoms with Crippen LogP contribution in [0.2, 0.25) is 0 Å². The lowest BCUT2D eigenvalue weighted by Crippen LogP contribution is -2.18. The quantitative estimate of drug-likeness (QED) is 0.846. The monoisotopic (exact) mass is 244 g/mol. The molecular formula is C14H20N4. The molecule has 96 valence electrons. The average Bonchev–Trinajstić information content (AvgIpc) is 2.78. The van der Waals surface area contributed by atoms with E-state index in [1.807, 2.05) is 6.07 Å².